The van der Waals surface area contributed by atoms with Crippen molar-refractivity contribution >= 4 is 39.2 Å². The number of fused-ring (bicyclic) bond motifs is 2. The number of carbonyl (C=O) groups is 2. The maximum atomic E-state index is 13.9. The monoisotopic (exact) mass is 585 g/mol. The number of carbonyl (C=O) groups excluding carboxylic acids is 2. The molecule has 2 fully saturated rings. The van der Waals surface area contributed by atoms with E-state index >= 15 is 0 Å². The van der Waals surface area contributed by atoms with Gasteiger partial charge in [0.25, 0.3) is 5.91 Å². The number of anilines is 1. The number of benzene rings is 2. The van der Waals surface area contributed by atoms with Crippen molar-refractivity contribution in [1.29, 1.82) is 0 Å². The van der Waals surface area contributed by atoms with Crippen molar-refractivity contribution in [3.63, 3.8) is 0 Å². The van der Waals surface area contributed by atoms with E-state index in [0.717, 1.165) is 6.07 Å². The van der Waals surface area contributed by atoms with E-state index in [9.17, 15) is 31.2 Å². The highest BCUT2D eigenvalue weighted by Gasteiger charge is 2.53. The molecule has 12 heteroatoms. The van der Waals surface area contributed by atoms with E-state index in [-0.39, 0.29) is 58.1 Å². The summed E-state index contributed by atoms with van der Waals surface area (Å²) in [5.74, 6) is -5.85. The Bertz CT molecular complexity index is 1380. The molecule has 2 bridgehead atoms. The second kappa shape index (κ2) is 11.6. The Kier molecular flexibility index (Phi) is 8.60. The first-order valence-corrected chi connectivity index (χ1v) is 14.2. The van der Waals surface area contributed by atoms with E-state index in [4.69, 9.17) is 21.1 Å². The number of hydrogen-bond donors (Lipinski definition) is 1. The van der Waals surface area contributed by atoms with Crippen molar-refractivity contribution < 1.29 is 40.7 Å². The van der Waals surface area contributed by atoms with Gasteiger partial charge in [-0.2, -0.15) is 0 Å². The lowest BCUT2D eigenvalue weighted by Crippen LogP contribution is -2.39. The average molecular weight is 586 g/mol. The Balaban J connectivity index is 1.53. The third-order valence-electron chi connectivity index (χ3n) is 7.39. The van der Waals surface area contributed by atoms with E-state index in [1.807, 2.05) is 6.92 Å². The van der Waals surface area contributed by atoms with Crippen LogP contribution in [0.3, 0.4) is 0 Å². The van der Waals surface area contributed by atoms with E-state index < -0.39 is 44.6 Å². The Morgan fingerprint density at radius 2 is 1.79 bits per heavy atom. The highest BCUT2D eigenvalue weighted by Crippen LogP contribution is 2.52. The molecular weight excluding hydrogens is 559 g/mol. The summed E-state index contributed by atoms with van der Waals surface area (Å²) in [4.78, 5) is 24.2. The minimum absolute atomic E-state index is 0.0294. The van der Waals surface area contributed by atoms with Crippen LogP contribution >= 0.6 is 11.6 Å². The Morgan fingerprint density at radius 1 is 1.10 bits per heavy atom. The maximum Gasteiger partial charge on any atom is 0.508 e. The van der Waals surface area contributed by atoms with Crippen molar-refractivity contribution in [3.05, 3.63) is 71.0 Å². The van der Waals surface area contributed by atoms with Gasteiger partial charge in [0.15, 0.2) is 27.3 Å². The van der Waals surface area contributed by atoms with Crippen LogP contribution in [0.15, 0.2) is 47.9 Å². The van der Waals surface area contributed by atoms with Gasteiger partial charge in [-0.25, -0.2) is 26.4 Å². The second-order valence-electron chi connectivity index (χ2n) is 10.00. The van der Waals surface area contributed by atoms with Crippen LogP contribution in [0.1, 0.15) is 36.5 Å². The van der Waals surface area contributed by atoms with Gasteiger partial charge in [-0.1, -0.05) is 31.2 Å². The fourth-order valence-electron chi connectivity index (χ4n) is 5.78. The van der Waals surface area contributed by atoms with Crippen LogP contribution in [0, 0.1) is 41.1 Å². The first-order valence-electron chi connectivity index (χ1n) is 12.3. The van der Waals surface area contributed by atoms with Gasteiger partial charge in [-0.15, -0.1) is 0 Å². The molecule has 1 amide bonds. The number of nitrogens with one attached hydrogen (secondary N) is 1. The summed E-state index contributed by atoms with van der Waals surface area (Å²) in [5, 5.41) is 1.44. The molecule has 5 atom stereocenters. The third-order valence-corrected chi connectivity index (χ3v) is 10.2. The molecule has 2 aliphatic rings. The lowest BCUT2D eigenvalue weighted by Gasteiger charge is -2.35. The molecule has 4 rings (SSSR count). The molecule has 1 N–H and O–H groups in total. The lowest BCUT2D eigenvalue weighted by molar-refractivity contribution is 0.0413. The summed E-state index contributed by atoms with van der Waals surface area (Å²) in [6, 6.07) is 4.92. The first kappa shape index (κ1) is 28.9. The number of ether oxygens (including phenoxy) is 2. The van der Waals surface area contributed by atoms with Crippen molar-refractivity contribution in [1.82, 2.24) is 0 Å². The number of hydrogen-bond acceptors (Lipinski definition) is 6. The minimum atomic E-state index is -4.00. The molecule has 0 spiro atoms. The van der Waals surface area contributed by atoms with Crippen LogP contribution < -0.4 is 5.32 Å². The zero-order chi connectivity index (χ0) is 28.5. The largest absolute Gasteiger partial charge is 0.508 e. The average Bonchev–Trinajstić information content (AvgIpc) is 3.10. The van der Waals surface area contributed by atoms with Crippen LogP contribution in [0.5, 0.6) is 0 Å². The van der Waals surface area contributed by atoms with Gasteiger partial charge in [0, 0.05) is 23.4 Å². The molecule has 0 aliphatic heterocycles. The number of sulfone groups is 1. The standard InChI is InChI=1S/C27H27ClF3NO6S/c1-3-6-37-27(34)38-13-15-8-17-7-14(2)19(9-15)25(17)39(35,36)23-10-16(4-5-20(23)28)26(33)32-18-11-21(29)24(31)22(30)12-18/h3-5,10-12,14-15,17,19,25H,1,6-9,13H2,2H3,(H,32,33)/t14-,15-,17-,19?,25?/m0/s1. The van der Waals surface area contributed by atoms with Gasteiger partial charge in [-0.05, 0) is 61.1 Å². The Morgan fingerprint density at radius 3 is 2.44 bits per heavy atom. The van der Waals surface area contributed by atoms with Crippen LogP contribution in [0.2, 0.25) is 5.02 Å². The van der Waals surface area contributed by atoms with Crippen LogP contribution in [-0.4, -0.2) is 38.9 Å². The first-order chi connectivity index (χ1) is 18.4. The SMILES string of the molecule is C=CCOC(=O)OC[C@@H]1CC2C(S(=O)(=O)c3cc(C(=O)Nc4cc(F)c(F)c(F)c4)ccc3Cl)[C@H](C1)C[C@@H]2C. The van der Waals surface area contributed by atoms with Crippen LogP contribution in [0.25, 0.3) is 0 Å². The van der Waals surface area contributed by atoms with Crippen molar-refractivity contribution in [2.45, 2.75) is 36.3 Å². The topological polar surface area (TPSA) is 98.8 Å². The zero-order valence-corrected chi connectivity index (χ0v) is 22.5. The van der Waals surface area contributed by atoms with Crippen molar-refractivity contribution in [2.24, 2.45) is 23.7 Å². The molecule has 7 nitrogen and oxygen atoms in total. The number of amides is 1. The lowest BCUT2D eigenvalue weighted by atomic mass is 9.80. The Labute approximate surface area is 229 Å². The Hall–Kier alpha value is -3.05. The number of halogens is 4. The summed E-state index contributed by atoms with van der Waals surface area (Å²) in [5.41, 5.74) is -0.444. The summed E-state index contributed by atoms with van der Waals surface area (Å²) in [6.07, 6.45) is 2.34. The fraction of sp³-hybridized carbons (Fsp3) is 0.407. The molecule has 2 aliphatic carbocycles. The predicted molar refractivity (Wildman–Crippen MR) is 138 cm³/mol. The fourth-order valence-corrected chi connectivity index (χ4v) is 8.71. The molecular formula is C27H27ClF3NO6S. The molecule has 0 saturated heterocycles. The molecule has 39 heavy (non-hydrogen) atoms. The molecule has 210 valence electrons. The highest BCUT2D eigenvalue weighted by molar-refractivity contribution is 7.92. The highest BCUT2D eigenvalue weighted by atomic mass is 35.5. The van der Waals surface area contributed by atoms with Gasteiger partial charge in [0.05, 0.1) is 21.8 Å². The predicted octanol–water partition coefficient (Wildman–Crippen LogP) is 6.17. The van der Waals surface area contributed by atoms with Crippen molar-refractivity contribution in [3.8, 4) is 0 Å². The van der Waals surface area contributed by atoms with E-state index in [1.165, 1.54) is 18.2 Å². The van der Waals surface area contributed by atoms with Gasteiger partial charge < -0.3 is 14.8 Å². The van der Waals surface area contributed by atoms with E-state index in [1.54, 1.807) is 0 Å². The molecule has 0 heterocycles. The number of rotatable bonds is 8. The third kappa shape index (κ3) is 6.09. The molecule has 0 aromatic heterocycles. The molecule has 0 radical (unpaired) electrons. The normalized spacial score (nSPS) is 24.2. The van der Waals surface area contributed by atoms with Gasteiger partial charge in [0.2, 0.25) is 0 Å². The summed E-state index contributed by atoms with van der Waals surface area (Å²) in [7, 11) is -4.00. The summed E-state index contributed by atoms with van der Waals surface area (Å²) in [6.45, 7) is 5.59. The van der Waals surface area contributed by atoms with Crippen molar-refractivity contribution in [2.75, 3.05) is 18.5 Å². The van der Waals surface area contributed by atoms with Gasteiger partial charge >= 0.3 is 6.16 Å². The zero-order valence-electron chi connectivity index (χ0n) is 21.0. The maximum absolute atomic E-state index is 13.9. The van der Waals surface area contributed by atoms with Crippen LogP contribution in [0.4, 0.5) is 23.7 Å². The second-order valence-corrected chi connectivity index (χ2v) is 12.5. The molecule has 2 aromatic carbocycles. The van der Waals surface area contributed by atoms with E-state index in [0.29, 0.717) is 31.4 Å². The van der Waals surface area contributed by atoms with Crippen LogP contribution in [-0.2, 0) is 19.3 Å². The minimum Gasteiger partial charge on any atom is -0.434 e. The summed E-state index contributed by atoms with van der Waals surface area (Å²) < 4.78 is 78.1. The molecule has 2 aromatic rings. The van der Waals surface area contributed by atoms with Gasteiger partial charge in [0.1, 0.15) is 6.61 Å². The quantitative estimate of drug-likeness (QED) is 0.226. The smallest absolute Gasteiger partial charge is 0.434 e. The van der Waals surface area contributed by atoms with E-state index in [2.05, 4.69) is 11.9 Å². The molecule has 2 unspecified atom stereocenters. The molecule has 2 saturated carbocycles. The summed E-state index contributed by atoms with van der Waals surface area (Å²) >= 11 is 6.30. The van der Waals surface area contributed by atoms with Gasteiger partial charge in [-0.3, -0.25) is 4.79 Å².